The first-order valence-electron chi connectivity index (χ1n) is 11.2. The van der Waals surface area contributed by atoms with Gasteiger partial charge in [0.2, 0.25) is 0 Å². The molecule has 0 atom stereocenters. The Labute approximate surface area is 186 Å². The van der Waals surface area contributed by atoms with Crippen molar-refractivity contribution < 1.29 is 9.53 Å². The summed E-state index contributed by atoms with van der Waals surface area (Å²) in [5.41, 5.74) is 2.50. The van der Waals surface area contributed by atoms with Gasteiger partial charge in [0.1, 0.15) is 5.75 Å². The fraction of sp³-hybridized carbons (Fsp3) is 0.480. The lowest BCUT2D eigenvalue weighted by atomic mass is 10.0. The van der Waals surface area contributed by atoms with Crippen molar-refractivity contribution in [1.82, 2.24) is 9.80 Å². The molecule has 0 spiro atoms. The summed E-state index contributed by atoms with van der Waals surface area (Å²) in [6.45, 7) is 7.65. The molecule has 1 saturated heterocycles. The van der Waals surface area contributed by atoms with Crippen molar-refractivity contribution in [2.24, 2.45) is 0 Å². The number of benzene rings is 2. The molecule has 2 aromatic rings. The molecule has 168 valence electrons. The Bertz CT molecular complexity index is 847. The van der Waals surface area contributed by atoms with Gasteiger partial charge in [-0.15, -0.1) is 0 Å². The van der Waals surface area contributed by atoms with Crippen LogP contribution in [0, 0.1) is 0 Å². The molecule has 1 fully saturated rings. The maximum absolute atomic E-state index is 12.7. The minimum Gasteiger partial charge on any atom is -0.496 e. The maximum Gasteiger partial charge on any atom is 0.259 e. The third kappa shape index (κ3) is 6.21. The van der Waals surface area contributed by atoms with Gasteiger partial charge >= 0.3 is 0 Å². The van der Waals surface area contributed by atoms with Gasteiger partial charge in [-0.25, -0.2) is 0 Å². The number of nitrogens with one attached hydrogen (secondary N) is 1. The Kier molecular flexibility index (Phi) is 8.32. The first kappa shape index (κ1) is 23.1. The number of amides is 1. The van der Waals surface area contributed by atoms with Gasteiger partial charge in [-0.1, -0.05) is 25.1 Å². The highest BCUT2D eigenvalue weighted by molar-refractivity contribution is 6.06. The van der Waals surface area contributed by atoms with Crippen LogP contribution in [0.2, 0.25) is 0 Å². The summed E-state index contributed by atoms with van der Waals surface area (Å²) in [7, 11) is 5.85. The Hall–Kier alpha value is -2.57. The highest BCUT2D eigenvalue weighted by atomic mass is 16.5. The van der Waals surface area contributed by atoms with Gasteiger partial charge in [0.25, 0.3) is 5.91 Å². The number of hydrogen-bond acceptors (Lipinski definition) is 5. The molecule has 0 saturated carbocycles. The largest absolute Gasteiger partial charge is 0.496 e. The zero-order valence-electron chi connectivity index (χ0n) is 19.3. The van der Waals surface area contributed by atoms with Crippen molar-refractivity contribution in [3.63, 3.8) is 0 Å². The molecule has 0 aromatic heterocycles. The van der Waals surface area contributed by atoms with E-state index >= 15 is 0 Å². The minimum atomic E-state index is -0.159. The van der Waals surface area contributed by atoms with Crippen LogP contribution in [0.5, 0.6) is 5.75 Å². The predicted molar refractivity (Wildman–Crippen MR) is 128 cm³/mol. The lowest BCUT2D eigenvalue weighted by Crippen LogP contribution is -2.46. The third-order valence-corrected chi connectivity index (χ3v) is 6.04. The number of carbonyl (C=O) groups is 1. The molecule has 6 nitrogen and oxygen atoms in total. The molecule has 2 aromatic carbocycles. The predicted octanol–water partition coefficient (Wildman–Crippen LogP) is 3.80. The summed E-state index contributed by atoms with van der Waals surface area (Å²) in [5, 5.41) is 3.02. The van der Waals surface area contributed by atoms with Crippen LogP contribution in [0.3, 0.4) is 0 Å². The lowest BCUT2D eigenvalue weighted by molar-refractivity contribution is 0.102. The fourth-order valence-corrected chi connectivity index (χ4v) is 4.23. The van der Waals surface area contributed by atoms with Crippen LogP contribution in [-0.4, -0.2) is 75.7 Å². The van der Waals surface area contributed by atoms with Gasteiger partial charge in [0.15, 0.2) is 0 Å². The van der Waals surface area contributed by atoms with Gasteiger partial charge in [-0.05, 0) is 63.8 Å². The van der Waals surface area contributed by atoms with E-state index in [0.717, 1.165) is 44.1 Å². The molecule has 1 heterocycles. The summed E-state index contributed by atoms with van der Waals surface area (Å²) in [5.74, 6) is 0.417. The molecular weight excluding hydrogens is 388 g/mol. The van der Waals surface area contributed by atoms with E-state index in [-0.39, 0.29) is 5.91 Å². The van der Waals surface area contributed by atoms with Crippen molar-refractivity contribution in [2.75, 3.05) is 64.1 Å². The molecule has 1 aliphatic heterocycles. The molecule has 1 N–H and O–H groups in total. The number of piperidine rings is 1. The molecule has 6 heteroatoms. The topological polar surface area (TPSA) is 48.0 Å². The van der Waals surface area contributed by atoms with Crippen molar-refractivity contribution in [3.8, 4) is 5.75 Å². The summed E-state index contributed by atoms with van der Waals surface area (Å²) >= 11 is 0. The molecule has 0 unspecified atom stereocenters. The quantitative estimate of drug-likeness (QED) is 0.664. The van der Waals surface area contributed by atoms with Gasteiger partial charge in [0, 0.05) is 43.6 Å². The second kappa shape index (κ2) is 11.2. The summed E-state index contributed by atoms with van der Waals surface area (Å²) < 4.78 is 5.32. The normalized spacial score (nSPS) is 14.8. The number of anilines is 2. The lowest BCUT2D eigenvalue weighted by Gasteiger charge is -2.39. The Morgan fingerprint density at radius 3 is 2.52 bits per heavy atom. The summed E-state index contributed by atoms with van der Waals surface area (Å²) in [6.07, 6.45) is 2.33. The van der Waals surface area contributed by atoms with E-state index in [2.05, 4.69) is 53.2 Å². The third-order valence-electron chi connectivity index (χ3n) is 6.04. The van der Waals surface area contributed by atoms with Crippen LogP contribution in [0.25, 0.3) is 0 Å². The molecule has 3 rings (SSSR count). The molecule has 0 bridgehead atoms. The Morgan fingerprint density at radius 1 is 1.10 bits per heavy atom. The van der Waals surface area contributed by atoms with Crippen LogP contribution >= 0.6 is 0 Å². The van der Waals surface area contributed by atoms with Crippen LogP contribution in [0.1, 0.15) is 30.1 Å². The van der Waals surface area contributed by atoms with E-state index in [1.165, 1.54) is 12.8 Å². The van der Waals surface area contributed by atoms with E-state index in [0.29, 0.717) is 17.4 Å². The average molecular weight is 425 g/mol. The maximum atomic E-state index is 12.7. The van der Waals surface area contributed by atoms with Gasteiger partial charge < -0.3 is 19.9 Å². The molecular formula is C25H36N4O2. The van der Waals surface area contributed by atoms with E-state index in [1.54, 1.807) is 19.2 Å². The monoisotopic (exact) mass is 424 g/mol. The van der Waals surface area contributed by atoms with Crippen LogP contribution < -0.4 is 15.0 Å². The molecule has 0 aliphatic carbocycles. The van der Waals surface area contributed by atoms with Crippen molar-refractivity contribution >= 4 is 17.3 Å². The molecule has 1 aliphatic rings. The second-order valence-electron chi connectivity index (χ2n) is 8.35. The highest BCUT2D eigenvalue weighted by Crippen LogP contribution is 2.26. The van der Waals surface area contributed by atoms with E-state index in [9.17, 15) is 4.79 Å². The standard InChI is InChI=1S/C25H36N4O2/c1-5-28(18-17-27(2)3)21-13-15-29(16-14-21)22-10-8-9-20(19-22)26-25(30)23-11-6-7-12-24(23)31-4/h6-12,19,21H,5,13-18H2,1-4H3,(H,26,30). The molecule has 0 radical (unpaired) electrons. The first-order chi connectivity index (χ1) is 15.0. The summed E-state index contributed by atoms with van der Waals surface area (Å²) in [6, 6.07) is 16.1. The highest BCUT2D eigenvalue weighted by Gasteiger charge is 2.24. The van der Waals surface area contributed by atoms with E-state index in [1.807, 2.05) is 24.3 Å². The number of nitrogens with zero attached hydrogens (tertiary/aromatic N) is 3. The zero-order valence-corrected chi connectivity index (χ0v) is 19.3. The number of carbonyl (C=O) groups excluding carboxylic acids is 1. The summed E-state index contributed by atoms with van der Waals surface area (Å²) in [4.78, 5) is 20.0. The number of para-hydroxylation sites is 1. The fourth-order valence-electron chi connectivity index (χ4n) is 4.23. The van der Waals surface area contributed by atoms with Crippen molar-refractivity contribution in [2.45, 2.75) is 25.8 Å². The van der Waals surface area contributed by atoms with Gasteiger partial charge in [0.05, 0.1) is 12.7 Å². The van der Waals surface area contributed by atoms with Crippen LogP contribution in [-0.2, 0) is 0 Å². The van der Waals surface area contributed by atoms with Gasteiger partial charge in [-0.3, -0.25) is 9.69 Å². The molecule has 31 heavy (non-hydrogen) atoms. The second-order valence-corrected chi connectivity index (χ2v) is 8.35. The first-order valence-corrected chi connectivity index (χ1v) is 11.2. The van der Waals surface area contributed by atoms with Crippen molar-refractivity contribution in [1.29, 1.82) is 0 Å². The number of ether oxygens (including phenoxy) is 1. The Morgan fingerprint density at radius 2 is 1.84 bits per heavy atom. The van der Waals surface area contributed by atoms with Crippen LogP contribution in [0.4, 0.5) is 11.4 Å². The van der Waals surface area contributed by atoms with E-state index < -0.39 is 0 Å². The SMILES string of the molecule is CCN(CCN(C)C)C1CCN(c2cccc(NC(=O)c3ccccc3OC)c2)CC1. The van der Waals surface area contributed by atoms with Crippen molar-refractivity contribution in [3.05, 3.63) is 54.1 Å². The van der Waals surface area contributed by atoms with Crippen LogP contribution in [0.15, 0.2) is 48.5 Å². The molecule has 1 amide bonds. The van der Waals surface area contributed by atoms with E-state index in [4.69, 9.17) is 4.74 Å². The smallest absolute Gasteiger partial charge is 0.259 e. The number of methoxy groups -OCH3 is 1. The Balaban J connectivity index is 1.60. The zero-order chi connectivity index (χ0) is 22.2. The minimum absolute atomic E-state index is 0.159. The number of hydrogen-bond donors (Lipinski definition) is 1. The number of likely N-dealkylation sites (N-methyl/N-ethyl adjacent to an activating group) is 2. The van der Waals surface area contributed by atoms with Gasteiger partial charge in [-0.2, -0.15) is 0 Å². The number of rotatable bonds is 9. The average Bonchev–Trinajstić information content (AvgIpc) is 2.80.